The average molecular weight is 281 g/mol. The summed E-state index contributed by atoms with van der Waals surface area (Å²) in [4.78, 5) is 20.3. The van der Waals surface area contributed by atoms with Gasteiger partial charge in [0.2, 0.25) is 0 Å². The van der Waals surface area contributed by atoms with Gasteiger partial charge in [0.25, 0.3) is 5.91 Å². The molecule has 0 fully saturated rings. The van der Waals surface area contributed by atoms with E-state index in [1.165, 1.54) is 11.3 Å². The molecule has 2 heterocycles. The molecule has 4 nitrogen and oxygen atoms in total. The zero-order valence-electron chi connectivity index (χ0n) is 10.4. The van der Waals surface area contributed by atoms with Crippen LogP contribution in [0.3, 0.4) is 0 Å². The lowest BCUT2D eigenvalue weighted by Gasteiger charge is -2.00. The normalized spacial score (nSPS) is 10.6. The van der Waals surface area contributed by atoms with Gasteiger partial charge in [-0.2, -0.15) is 0 Å². The van der Waals surface area contributed by atoms with Gasteiger partial charge in [-0.15, -0.1) is 22.7 Å². The summed E-state index contributed by atoms with van der Waals surface area (Å²) in [7, 11) is 0. The van der Waals surface area contributed by atoms with Gasteiger partial charge in [0.15, 0.2) is 0 Å². The van der Waals surface area contributed by atoms with Gasteiger partial charge in [0, 0.05) is 23.7 Å². The lowest BCUT2D eigenvalue weighted by Crippen LogP contribution is -2.26. The van der Waals surface area contributed by atoms with Crippen LogP contribution in [0.1, 0.15) is 33.1 Å². The van der Waals surface area contributed by atoms with Gasteiger partial charge in [-0.1, -0.05) is 6.92 Å². The van der Waals surface area contributed by atoms with E-state index in [4.69, 9.17) is 0 Å². The monoisotopic (exact) mass is 281 g/mol. The Bertz CT molecular complexity index is 533. The zero-order chi connectivity index (χ0) is 13.0. The largest absolute Gasteiger partial charge is 0.350 e. The second-order valence-electron chi connectivity index (χ2n) is 3.84. The highest BCUT2D eigenvalue weighted by Crippen LogP contribution is 2.10. The molecule has 1 amide bonds. The molecule has 96 valence electrons. The molecule has 0 radical (unpaired) electrons. The van der Waals surface area contributed by atoms with Crippen LogP contribution in [0, 0.1) is 6.92 Å². The second-order valence-corrected chi connectivity index (χ2v) is 5.85. The van der Waals surface area contributed by atoms with Crippen LogP contribution in [0.25, 0.3) is 0 Å². The number of amides is 1. The summed E-state index contributed by atoms with van der Waals surface area (Å²) in [5, 5.41) is 8.75. The maximum Gasteiger partial charge on any atom is 0.270 e. The van der Waals surface area contributed by atoms with Gasteiger partial charge in [0.05, 0.1) is 15.7 Å². The number of aryl methyl sites for hydroxylation is 2. The molecule has 2 aromatic heterocycles. The minimum Gasteiger partial charge on any atom is -0.350 e. The molecule has 0 bridgehead atoms. The highest BCUT2D eigenvalue weighted by molar-refractivity contribution is 7.10. The van der Waals surface area contributed by atoms with Crippen molar-refractivity contribution in [2.45, 2.75) is 26.7 Å². The zero-order valence-corrected chi connectivity index (χ0v) is 12.0. The van der Waals surface area contributed by atoms with Gasteiger partial charge in [-0.3, -0.25) is 4.79 Å². The van der Waals surface area contributed by atoms with Crippen LogP contribution in [-0.2, 0) is 12.8 Å². The highest BCUT2D eigenvalue weighted by atomic mass is 32.1. The first-order valence-electron chi connectivity index (χ1n) is 5.82. The molecule has 0 saturated carbocycles. The van der Waals surface area contributed by atoms with Crippen LogP contribution < -0.4 is 5.32 Å². The van der Waals surface area contributed by atoms with Crippen LogP contribution >= 0.6 is 22.7 Å². The number of nitrogens with zero attached hydrogens (tertiary/aromatic N) is 2. The molecule has 6 heteroatoms. The fourth-order valence-electron chi connectivity index (χ4n) is 1.49. The van der Waals surface area contributed by atoms with E-state index in [9.17, 15) is 4.79 Å². The highest BCUT2D eigenvalue weighted by Gasteiger charge is 2.08. The quantitative estimate of drug-likeness (QED) is 0.916. The molecule has 2 aromatic rings. The lowest BCUT2D eigenvalue weighted by atomic mass is 10.3. The number of rotatable bonds is 5. The Morgan fingerprint density at radius 1 is 1.33 bits per heavy atom. The second kappa shape index (κ2) is 6.06. The first-order valence-corrected chi connectivity index (χ1v) is 7.58. The Morgan fingerprint density at radius 3 is 2.78 bits per heavy atom. The molecule has 0 saturated heterocycles. The molecule has 0 unspecified atom stereocenters. The van der Waals surface area contributed by atoms with Crippen molar-refractivity contribution in [2.75, 3.05) is 6.54 Å². The third kappa shape index (κ3) is 3.36. The average Bonchev–Trinajstić information content (AvgIpc) is 2.98. The Morgan fingerprint density at radius 2 is 2.17 bits per heavy atom. The molecular formula is C12H15N3OS2. The van der Waals surface area contributed by atoms with E-state index in [0.717, 1.165) is 28.6 Å². The standard InChI is InChI=1S/C12H15N3OS2/c1-3-11-15-9(6-18-11)4-5-13-12(16)10-7-17-8(2)14-10/h6-7H,3-5H2,1-2H3,(H,13,16). The van der Waals surface area contributed by atoms with Crippen molar-refractivity contribution < 1.29 is 4.79 Å². The van der Waals surface area contributed by atoms with E-state index in [0.29, 0.717) is 12.2 Å². The minimum absolute atomic E-state index is 0.106. The number of aromatic nitrogens is 2. The third-order valence-corrected chi connectivity index (χ3v) is 4.24. The number of thiazole rings is 2. The van der Waals surface area contributed by atoms with Gasteiger partial charge >= 0.3 is 0 Å². The topological polar surface area (TPSA) is 54.9 Å². The van der Waals surface area contributed by atoms with E-state index in [1.54, 1.807) is 16.7 Å². The van der Waals surface area contributed by atoms with Gasteiger partial charge in [0.1, 0.15) is 5.69 Å². The van der Waals surface area contributed by atoms with Crippen LogP contribution in [0.4, 0.5) is 0 Å². The molecule has 1 N–H and O–H groups in total. The maximum absolute atomic E-state index is 11.7. The molecule has 0 aliphatic rings. The Hall–Kier alpha value is -1.27. The Balaban J connectivity index is 1.80. The van der Waals surface area contributed by atoms with Crippen LogP contribution in [0.2, 0.25) is 0 Å². The fraction of sp³-hybridized carbons (Fsp3) is 0.417. The Labute approximate surface area is 114 Å². The predicted molar refractivity (Wildman–Crippen MR) is 74.4 cm³/mol. The van der Waals surface area contributed by atoms with E-state index in [2.05, 4.69) is 27.6 Å². The molecule has 2 rings (SSSR count). The number of carbonyl (C=O) groups excluding carboxylic acids is 1. The van der Waals surface area contributed by atoms with Gasteiger partial charge in [-0.05, 0) is 13.3 Å². The van der Waals surface area contributed by atoms with Crippen molar-refractivity contribution in [1.29, 1.82) is 0 Å². The molecule has 0 spiro atoms. The summed E-state index contributed by atoms with van der Waals surface area (Å²) < 4.78 is 0. The number of hydrogen-bond donors (Lipinski definition) is 1. The number of hydrogen-bond acceptors (Lipinski definition) is 5. The van der Waals surface area contributed by atoms with E-state index in [1.807, 2.05) is 6.92 Å². The molecule has 0 aliphatic heterocycles. The third-order valence-electron chi connectivity index (χ3n) is 2.42. The summed E-state index contributed by atoms with van der Waals surface area (Å²) in [6.45, 7) is 4.58. The van der Waals surface area contributed by atoms with Gasteiger partial charge in [-0.25, -0.2) is 9.97 Å². The summed E-state index contributed by atoms with van der Waals surface area (Å²) in [6, 6.07) is 0. The SMILES string of the molecule is CCc1nc(CCNC(=O)c2csc(C)n2)cs1. The van der Waals surface area contributed by atoms with E-state index >= 15 is 0 Å². The van der Waals surface area contributed by atoms with Crippen LogP contribution in [0.15, 0.2) is 10.8 Å². The summed E-state index contributed by atoms with van der Waals surface area (Å²) in [6.07, 6.45) is 1.74. The lowest BCUT2D eigenvalue weighted by molar-refractivity contribution is 0.0949. The van der Waals surface area contributed by atoms with Crippen molar-refractivity contribution in [3.8, 4) is 0 Å². The van der Waals surface area contributed by atoms with E-state index < -0.39 is 0 Å². The smallest absolute Gasteiger partial charge is 0.270 e. The number of carbonyl (C=O) groups is 1. The summed E-state index contributed by atoms with van der Waals surface area (Å²) in [5.41, 5.74) is 1.55. The van der Waals surface area contributed by atoms with Gasteiger partial charge < -0.3 is 5.32 Å². The first-order chi connectivity index (χ1) is 8.69. The maximum atomic E-state index is 11.7. The predicted octanol–water partition coefficient (Wildman–Crippen LogP) is 2.44. The number of nitrogens with one attached hydrogen (secondary N) is 1. The fourth-order valence-corrected chi connectivity index (χ4v) is 2.86. The van der Waals surface area contributed by atoms with Crippen molar-refractivity contribution in [3.63, 3.8) is 0 Å². The van der Waals surface area contributed by atoms with Crippen molar-refractivity contribution in [3.05, 3.63) is 32.2 Å². The molecule has 0 aliphatic carbocycles. The van der Waals surface area contributed by atoms with Crippen molar-refractivity contribution in [2.24, 2.45) is 0 Å². The molecule has 0 atom stereocenters. The van der Waals surface area contributed by atoms with Crippen molar-refractivity contribution in [1.82, 2.24) is 15.3 Å². The van der Waals surface area contributed by atoms with E-state index in [-0.39, 0.29) is 5.91 Å². The molecule has 0 aromatic carbocycles. The van der Waals surface area contributed by atoms with Crippen molar-refractivity contribution >= 4 is 28.6 Å². The molecular weight excluding hydrogens is 266 g/mol. The summed E-state index contributed by atoms with van der Waals surface area (Å²) >= 11 is 3.16. The molecule has 18 heavy (non-hydrogen) atoms. The van der Waals surface area contributed by atoms with Crippen LogP contribution in [-0.4, -0.2) is 22.4 Å². The summed E-state index contributed by atoms with van der Waals surface area (Å²) in [5.74, 6) is -0.106. The Kier molecular flexibility index (Phi) is 4.43. The first kappa shape index (κ1) is 13.2. The minimum atomic E-state index is -0.106. The van der Waals surface area contributed by atoms with Crippen LogP contribution in [0.5, 0.6) is 0 Å².